The van der Waals surface area contributed by atoms with E-state index >= 15 is 0 Å². The van der Waals surface area contributed by atoms with Gasteiger partial charge in [-0.05, 0) is 79.4 Å². The zero-order valence-corrected chi connectivity index (χ0v) is 14.9. The van der Waals surface area contributed by atoms with Gasteiger partial charge in [-0.15, -0.1) is 5.10 Å². The number of tetrazole rings is 1. The maximum atomic E-state index is 4.09. The number of halogens is 2. The first-order valence-corrected chi connectivity index (χ1v) is 8.01. The number of hydrogen-bond donors (Lipinski definition) is 1. The number of rotatable bonds is 5. The van der Waals surface area contributed by atoms with Gasteiger partial charge in [0, 0.05) is 8.95 Å². The summed E-state index contributed by atoms with van der Waals surface area (Å²) in [6, 6.07) is 4.10. The molecule has 0 radical (unpaired) electrons. The van der Waals surface area contributed by atoms with Crippen molar-refractivity contribution in [3.63, 3.8) is 0 Å². The van der Waals surface area contributed by atoms with Gasteiger partial charge in [-0.3, -0.25) is 0 Å². The molecule has 0 fully saturated rings. The lowest BCUT2D eigenvalue weighted by Gasteiger charge is -2.11. The fraction of sp³-hybridized carbons (Fsp3) is 0.462. The second-order valence-corrected chi connectivity index (χ2v) is 6.82. The van der Waals surface area contributed by atoms with Crippen molar-refractivity contribution in [2.45, 2.75) is 27.3 Å². The molecule has 5 nitrogen and oxygen atoms in total. The Hall–Kier alpha value is -0.790. The Morgan fingerprint density at radius 3 is 2.50 bits per heavy atom. The minimum absolute atomic E-state index is 0.595. The lowest BCUT2D eigenvalue weighted by molar-refractivity contribution is 0.537. The molecule has 0 atom stereocenters. The SMILES string of the molecule is Cc1cc(Br)c(-n2nnnc2CNCC(C)C)c(Br)c1. The van der Waals surface area contributed by atoms with Crippen LogP contribution in [0.25, 0.3) is 5.69 Å². The molecular weight excluding hydrogens is 386 g/mol. The second kappa shape index (κ2) is 6.78. The summed E-state index contributed by atoms with van der Waals surface area (Å²) in [7, 11) is 0. The van der Waals surface area contributed by atoms with Crippen LogP contribution >= 0.6 is 31.9 Å². The summed E-state index contributed by atoms with van der Waals surface area (Å²) in [5, 5.41) is 15.3. The third-order valence-corrected chi connectivity index (χ3v) is 3.95. The molecule has 1 aromatic carbocycles. The van der Waals surface area contributed by atoms with Gasteiger partial charge in [0.15, 0.2) is 5.82 Å². The Kier molecular flexibility index (Phi) is 5.29. The highest BCUT2D eigenvalue weighted by Crippen LogP contribution is 2.30. The fourth-order valence-corrected chi connectivity index (χ4v) is 3.61. The van der Waals surface area contributed by atoms with Crippen LogP contribution in [0.5, 0.6) is 0 Å². The van der Waals surface area contributed by atoms with Crippen LogP contribution in [-0.2, 0) is 6.54 Å². The van der Waals surface area contributed by atoms with E-state index in [0.717, 1.165) is 27.0 Å². The molecule has 108 valence electrons. The smallest absolute Gasteiger partial charge is 0.170 e. The number of nitrogens with zero attached hydrogens (tertiary/aromatic N) is 4. The monoisotopic (exact) mass is 401 g/mol. The number of nitrogens with one attached hydrogen (secondary N) is 1. The van der Waals surface area contributed by atoms with Crippen molar-refractivity contribution in [2.75, 3.05) is 6.54 Å². The summed E-state index contributed by atoms with van der Waals surface area (Å²) < 4.78 is 3.67. The van der Waals surface area contributed by atoms with Crippen molar-refractivity contribution < 1.29 is 0 Å². The van der Waals surface area contributed by atoms with Crippen LogP contribution in [-0.4, -0.2) is 26.8 Å². The van der Waals surface area contributed by atoms with Gasteiger partial charge < -0.3 is 5.32 Å². The van der Waals surface area contributed by atoms with Gasteiger partial charge >= 0.3 is 0 Å². The molecule has 0 aliphatic carbocycles. The highest BCUT2D eigenvalue weighted by Gasteiger charge is 2.14. The molecule has 7 heteroatoms. The average Bonchev–Trinajstić information content (AvgIpc) is 2.75. The molecule has 1 N–H and O–H groups in total. The molecule has 0 saturated carbocycles. The van der Waals surface area contributed by atoms with Gasteiger partial charge in [0.2, 0.25) is 0 Å². The quantitative estimate of drug-likeness (QED) is 0.833. The highest BCUT2D eigenvalue weighted by molar-refractivity contribution is 9.11. The van der Waals surface area contributed by atoms with E-state index in [1.54, 1.807) is 4.68 Å². The van der Waals surface area contributed by atoms with Gasteiger partial charge in [0.05, 0.1) is 12.2 Å². The minimum atomic E-state index is 0.595. The van der Waals surface area contributed by atoms with Crippen LogP contribution in [0.4, 0.5) is 0 Å². The molecule has 0 saturated heterocycles. The summed E-state index contributed by atoms with van der Waals surface area (Å²) in [6.07, 6.45) is 0. The Bertz CT molecular complexity index is 571. The van der Waals surface area contributed by atoms with E-state index < -0.39 is 0 Å². The van der Waals surface area contributed by atoms with Crippen molar-refractivity contribution >= 4 is 31.9 Å². The Balaban J connectivity index is 2.28. The molecule has 0 unspecified atom stereocenters. The van der Waals surface area contributed by atoms with Crippen molar-refractivity contribution in [1.82, 2.24) is 25.5 Å². The zero-order valence-electron chi connectivity index (χ0n) is 11.7. The minimum Gasteiger partial charge on any atom is -0.310 e. The number of aryl methyl sites for hydroxylation is 1. The van der Waals surface area contributed by atoms with E-state index in [1.165, 1.54) is 5.56 Å². The number of aromatic nitrogens is 4. The molecule has 1 aromatic heterocycles. The molecule has 2 aromatic rings. The lowest BCUT2D eigenvalue weighted by Crippen LogP contribution is -2.21. The third kappa shape index (κ3) is 3.65. The molecule has 0 bridgehead atoms. The summed E-state index contributed by atoms with van der Waals surface area (Å²) >= 11 is 7.16. The fourth-order valence-electron chi connectivity index (χ4n) is 1.86. The van der Waals surface area contributed by atoms with Crippen LogP contribution < -0.4 is 5.32 Å². The molecule has 0 aliphatic rings. The molecule has 0 aliphatic heterocycles. The van der Waals surface area contributed by atoms with Crippen LogP contribution in [0.15, 0.2) is 21.1 Å². The zero-order chi connectivity index (χ0) is 14.7. The molecular formula is C13H17Br2N5. The first-order chi connectivity index (χ1) is 9.49. The van der Waals surface area contributed by atoms with Crippen molar-refractivity contribution in [2.24, 2.45) is 5.92 Å². The van der Waals surface area contributed by atoms with Crippen LogP contribution in [0.2, 0.25) is 0 Å². The van der Waals surface area contributed by atoms with Crippen LogP contribution in [0.3, 0.4) is 0 Å². The van der Waals surface area contributed by atoms with E-state index in [1.807, 2.05) is 19.1 Å². The number of hydrogen-bond acceptors (Lipinski definition) is 4. The van der Waals surface area contributed by atoms with Gasteiger partial charge in [0.25, 0.3) is 0 Å². The predicted octanol–water partition coefficient (Wildman–Crippen LogP) is 3.24. The van der Waals surface area contributed by atoms with E-state index in [-0.39, 0.29) is 0 Å². The van der Waals surface area contributed by atoms with Crippen molar-refractivity contribution in [1.29, 1.82) is 0 Å². The van der Waals surface area contributed by atoms with E-state index in [9.17, 15) is 0 Å². The van der Waals surface area contributed by atoms with E-state index in [2.05, 4.69) is 66.5 Å². The summed E-state index contributed by atoms with van der Waals surface area (Å²) in [5.74, 6) is 1.38. The molecule has 20 heavy (non-hydrogen) atoms. The van der Waals surface area contributed by atoms with Gasteiger partial charge in [-0.2, -0.15) is 4.68 Å². The maximum Gasteiger partial charge on any atom is 0.170 e. The van der Waals surface area contributed by atoms with Crippen molar-refractivity contribution in [3.8, 4) is 5.69 Å². The van der Waals surface area contributed by atoms with Crippen LogP contribution in [0, 0.1) is 12.8 Å². The predicted molar refractivity (Wildman–Crippen MR) is 85.8 cm³/mol. The first kappa shape index (κ1) is 15.6. The Morgan fingerprint density at radius 2 is 1.90 bits per heavy atom. The summed E-state index contributed by atoms with van der Waals surface area (Å²) in [4.78, 5) is 0. The third-order valence-electron chi connectivity index (χ3n) is 2.74. The van der Waals surface area contributed by atoms with Gasteiger partial charge in [-0.25, -0.2) is 0 Å². The Labute approximate surface area is 135 Å². The lowest BCUT2D eigenvalue weighted by atomic mass is 10.2. The molecule has 0 amide bonds. The average molecular weight is 403 g/mol. The van der Waals surface area contributed by atoms with E-state index in [0.29, 0.717) is 12.5 Å². The number of benzene rings is 1. The van der Waals surface area contributed by atoms with Gasteiger partial charge in [0.1, 0.15) is 0 Å². The first-order valence-electron chi connectivity index (χ1n) is 6.43. The van der Waals surface area contributed by atoms with E-state index in [4.69, 9.17) is 0 Å². The van der Waals surface area contributed by atoms with Crippen LogP contribution in [0.1, 0.15) is 25.2 Å². The summed E-state index contributed by atoms with van der Waals surface area (Å²) in [6.45, 7) is 7.96. The normalized spacial score (nSPS) is 11.3. The Morgan fingerprint density at radius 1 is 1.25 bits per heavy atom. The second-order valence-electron chi connectivity index (χ2n) is 5.11. The highest BCUT2D eigenvalue weighted by atomic mass is 79.9. The molecule has 0 spiro atoms. The van der Waals surface area contributed by atoms with Crippen molar-refractivity contribution in [3.05, 3.63) is 32.5 Å². The molecule has 1 heterocycles. The molecule has 2 rings (SSSR count). The largest absolute Gasteiger partial charge is 0.310 e. The maximum absolute atomic E-state index is 4.09. The topological polar surface area (TPSA) is 55.6 Å². The summed E-state index contributed by atoms with van der Waals surface area (Å²) in [5.41, 5.74) is 2.09. The van der Waals surface area contributed by atoms with Gasteiger partial charge in [-0.1, -0.05) is 13.8 Å². The standard InChI is InChI=1S/C13H17Br2N5/c1-8(2)6-16-7-12-17-18-19-20(12)13-10(14)4-9(3)5-11(13)15/h4-5,8,16H,6-7H2,1-3H3.